The lowest BCUT2D eigenvalue weighted by molar-refractivity contribution is -0.386. The Balaban J connectivity index is 1.40. The number of hydrogen-bond donors (Lipinski definition) is 0. The van der Waals surface area contributed by atoms with Gasteiger partial charge in [-0.2, -0.15) is 10.1 Å². The average Bonchev–Trinajstić information content (AvgIpc) is 3.51. The maximum absolute atomic E-state index is 13.9. The molecule has 0 N–H and O–H groups in total. The van der Waals surface area contributed by atoms with Crippen LogP contribution in [0.3, 0.4) is 0 Å². The van der Waals surface area contributed by atoms with E-state index in [1.807, 2.05) is 12.2 Å². The van der Waals surface area contributed by atoms with Gasteiger partial charge < -0.3 is 9.47 Å². The fourth-order valence-corrected chi connectivity index (χ4v) is 5.01. The molecule has 0 unspecified atom stereocenters. The number of nitro groups is 1. The third-order valence-corrected chi connectivity index (χ3v) is 6.57. The SMILES string of the molecule is COc1cc(C=NN2C(=O)[C@@H]3[C@H](C2=O)[C@H]2C=C[C@H]3C2)cc([N+](=O)[O-])c1OCc1ccccc1F. The molecule has 2 aromatic carbocycles. The summed E-state index contributed by atoms with van der Waals surface area (Å²) < 4.78 is 24.7. The van der Waals surface area contributed by atoms with E-state index in [1.165, 1.54) is 43.7 Å². The molecule has 9 nitrogen and oxygen atoms in total. The highest BCUT2D eigenvalue weighted by atomic mass is 19.1. The number of hydrogen-bond acceptors (Lipinski definition) is 7. The molecule has 2 amide bonds. The number of imide groups is 1. The van der Waals surface area contributed by atoms with Gasteiger partial charge in [-0.05, 0) is 30.4 Å². The quantitative estimate of drug-likeness (QED) is 0.204. The minimum atomic E-state index is -0.656. The molecule has 1 aliphatic heterocycles. The first-order valence-corrected chi connectivity index (χ1v) is 10.7. The van der Waals surface area contributed by atoms with Gasteiger partial charge in [0.05, 0.1) is 30.1 Å². The van der Waals surface area contributed by atoms with E-state index in [0.29, 0.717) is 0 Å². The number of carbonyl (C=O) groups is 2. The monoisotopic (exact) mass is 465 g/mol. The molecule has 10 heteroatoms. The van der Waals surface area contributed by atoms with Gasteiger partial charge in [-0.1, -0.05) is 30.4 Å². The number of nitrogens with zero attached hydrogens (tertiary/aromatic N) is 3. The predicted molar refractivity (Wildman–Crippen MR) is 118 cm³/mol. The van der Waals surface area contributed by atoms with E-state index in [-0.39, 0.29) is 52.9 Å². The molecule has 1 saturated carbocycles. The number of ether oxygens (including phenoxy) is 2. The Bertz CT molecular complexity index is 1230. The highest BCUT2D eigenvalue weighted by Crippen LogP contribution is 2.52. The van der Waals surface area contributed by atoms with Crippen LogP contribution >= 0.6 is 0 Å². The van der Waals surface area contributed by atoms with Crippen LogP contribution in [-0.2, 0) is 16.2 Å². The van der Waals surface area contributed by atoms with Crippen molar-refractivity contribution in [1.82, 2.24) is 5.01 Å². The summed E-state index contributed by atoms with van der Waals surface area (Å²) in [6.07, 6.45) is 5.99. The number of halogens is 1. The Labute approximate surface area is 193 Å². The van der Waals surface area contributed by atoms with E-state index in [4.69, 9.17) is 9.47 Å². The van der Waals surface area contributed by atoms with Gasteiger partial charge in [0.1, 0.15) is 12.4 Å². The summed E-state index contributed by atoms with van der Waals surface area (Å²) in [6, 6.07) is 8.56. The smallest absolute Gasteiger partial charge is 0.315 e. The molecular weight excluding hydrogens is 445 g/mol. The van der Waals surface area contributed by atoms with Crippen LogP contribution in [0.1, 0.15) is 17.5 Å². The lowest BCUT2D eigenvalue weighted by Gasteiger charge is -2.13. The van der Waals surface area contributed by atoms with E-state index in [9.17, 15) is 24.1 Å². The van der Waals surface area contributed by atoms with Crippen LogP contribution in [0.2, 0.25) is 0 Å². The normalized spacial score (nSPS) is 24.8. The van der Waals surface area contributed by atoms with Crippen molar-refractivity contribution in [2.24, 2.45) is 28.8 Å². The number of rotatable bonds is 7. The first-order valence-electron chi connectivity index (χ1n) is 10.7. The fourth-order valence-electron chi connectivity index (χ4n) is 5.01. The van der Waals surface area contributed by atoms with E-state index < -0.39 is 28.3 Å². The van der Waals surface area contributed by atoms with Crippen molar-refractivity contribution in [2.75, 3.05) is 7.11 Å². The average molecular weight is 465 g/mol. The van der Waals surface area contributed by atoms with Crippen molar-refractivity contribution in [2.45, 2.75) is 13.0 Å². The minimum absolute atomic E-state index is 0.0326. The van der Waals surface area contributed by atoms with Crippen LogP contribution in [-0.4, -0.2) is 35.1 Å². The Morgan fingerprint density at radius 2 is 1.85 bits per heavy atom. The third-order valence-electron chi connectivity index (χ3n) is 6.57. The molecule has 2 bridgehead atoms. The molecule has 174 valence electrons. The van der Waals surface area contributed by atoms with Gasteiger partial charge >= 0.3 is 5.69 Å². The first kappa shape index (κ1) is 21.7. The molecule has 2 aromatic rings. The van der Waals surface area contributed by atoms with Gasteiger partial charge in [0.2, 0.25) is 5.75 Å². The van der Waals surface area contributed by atoms with Crippen molar-refractivity contribution < 1.29 is 28.4 Å². The topological polar surface area (TPSA) is 111 Å². The first-order chi connectivity index (χ1) is 16.4. The van der Waals surface area contributed by atoms with Gasteiger partial charge in [0, 0.05) is 17.2 Å². The van der Waals surface area contributed by atoms with E-state index >= 15 is 0 Å². The van der Waals surface area contributed by atoms with E-state index in [1.54, 1.807) is 6.07 Å². The molecule has 34 heavy (non-hydrogen) atoms. The number of carbonyl (C=O) groups excluding carboxylic acids is 2. The Hall–Kier alpha value is -4.08. The summed E-state index contributed by atoms with van der Waals surface area (Å²) in [5, 5.41) is 16.6. The summed E-state index contributed by atoms with van der Waals surface area (Å²) in [5.41, 5.74) is 0.0421. The van der Waals surface area contributed by atoms with Crippen molar-refractivity contribution in [3.63, 3.8) is 0 Å². The summed E-state index contributed by atoms with van der Waals surface area (Å²) in [5.74, 6) is -2.01. The molecule has 5 rings (SSSR count). The second-order valence-electron chi connectivity index (χ2n) is 8.44. The zero-order chi connectivity index (χ0) is 24.0. The lowest BCUT2D eigenvalue weighted by Crippen LogP contribution is -2.28. The van der Waals surface area contributed by atoms with Gasteiger partial charge in [-0.3, -0.25) is 19.7 Å². The zero-order valence-electron chi connectivity index (χ0n) is 18.1. The minimum Gasteiger partial charge on any atom is -0.493 e. The maximum atomic E-state index is 13.9. The molecule has 4 atom stereocenters. The van der Waals surface area contributed by atoms with Gasteiger partial charge in [-0.15, -0.1) is 0 Å². The van der Waals surface area contributed by atoms with Crippen LogP contribution in [0.25, 0.3) is 0 Å². The second-order valence-corrected chi connectivity index (χ2v) is 8.44. The molecule has 1 saturated heterocycles. The van der Waals surface area contributed by atoms with Crippen molar-refractivity contribution in [3.8, 4) is 11.5 Å². The van der Waals surface area contributed by atoms with Crippen LogP contribution < -0.4 is 9.47 Å². The molecule has 0 radical (unpaired) electrons. The number of benzene rings is 2. The number of methoxy groups -OCH3 is 1. The molecule has 0 spiro atoms. The zero-order valence-corrected chi connectivity index (χ0v) is 18.1. The van der Waals surface area contributed by atoms with Crippen molar-refractivity contribution in [3.05, 3.63) is 75.6 Å². The van der Waals surface area contributed by atoms with Crippen LogP contribution in [0.4, 0.5) is 10.1 Å². The molecule has 2 fully saturated rings. The lowest BCUT2D eigenvalue weighted by atomic mass is 9.85. The number of fused-ring (bicyclic) bond motifs is 5. The van der Waals surface area contributed by atoms with Crippen LogP contribution in [0.5, 0.6) is 11.5 Å². The van der Waals surface area contributed by atoms with Crippen LogP contribution in [0.15, 0.2) is 53.7 Å². The predicted octanol–water partition coefficient (Wildman–Crippen LogP) is 3.46. The highest BCUT2D eigenvalue weighted by molar-refractivity contribution is 6.06. The van der Waals surface area contributed by atoms with E-state index in [2.05, 4.69) is 5.10 Å². The summed E-state index contributed by atoms with van der Waals surface area (Å²) >= 11 is 0. The number of hydrazone groups is 1. The van der Waals surface area contributed by atoms with Gasteiger partial charge in [-0.25, -0.2) is 4.39 Å². The fraction of sp³-hybridized carbons (Fsp3) is 0.292. The van der Waals surface area contributed by atoms with E-state index in [0.717, 1.165) is 11.4 Å². The largest absolute Gasteiger partial charge is 0.493 e. The maximum Gasteiger partial charge on any atom is 0.315 e. The molecule has 2 aliphatic carbocycles. The second kappa shape index (κ2) is 8.36. The molecule has 1 heterocycles. The molecule has 0 aromatic heterocycles. The molecular formula is C24H20FN3O6. The summed E-state index contributed by atoms with van der Waals surface area (Å²) in [7, 11) is 1.31. The summed E-state index contributed by atoms with van der Waals surface area (Å²) in [4.78, 5) is 36.6. The highest BCUT2D eigenvalue weighted by Gasteiger charge is 2.59. The third kappa shape index (κ3) is 3.51. The number of amides is 2. The van der Waals surface area contributed by atoms with Crippen molar-refractivity contribution >= 4 is 23.7 Å². The molecule has 3 aliphatic rings. The van der Waals surface area contributed by atoms with Crippen molar-refractivity contribution in [1.29, 1.82) is 0 Å². The Kier molecular flexibility index (Phi) is 5.35. The van der Waals surface area contributed by atoms with Gasteiger partial charge in [0.25, 0.3) is 11.8 Å². The number of allylic oxidation sites excluding steroid dienone is 2. The Morgan fingerprint density at radius 3 is 2.47 bits per heavy atom. The summed E-state index contributed by atoms with van der Waals surface area (Å²) in [6.45, 7) is -0.243. The number of nitro benzene ring substituents is 1. The Morgan fingerprint density at radius 1 is 1.18 bits per heavy atom. The van der Waals surface area contributed by atoms with Gasteiger partial charge in [0.15, 0.2) is 5.75 Å². The standard InChI is InChI=1S/C24H20FN3O6/c1-33-19-9-13(8-18(28(31)32)22(19)34-12-16-4-2-3-5-17(16)25)11-26-27-23(29)20-14-6-7-15(10-14)21(20)24(27)30/h2-9,11,14-15,20-21H,10,12H2,1H3/t14-,15-,20-,21+/m0/s1. The van der Waals surface area contributed by atoms with Crippen LogP contribution in [0, 0.1) is 39.6 Å².